The zero-order chi connectivity index (χ0) is 13.8. The summed E-state index contributed by atoms with van der Waals surface area (Å²) in [7, 11) is 0. The highest BCUT2D eigenvalue weighted by Crippen LogP contribution is 2.20. The van der Waals surface area contributed by atoms with Crippen LogP contribution in [-0.2, 0) is 11.3 Å². The molecule has 3 N–H and O–H groups in total. The lowest BCUT2D eigenvalue weighted by molar-refractivity contribution is -0.116. The molecule has 2 aromatic rings. The molecular weight excluding hydrogens is 312 g/mol. The van der Waals surface area contributed by atoms with Crippen molar-refractivity contribution in [1.29, 1.82) is 5.26 Å². The summed E-state index contributed by atoms with van der Waals surface area (Å²) < 4.78 is 2.08. The number of benzene rings is 1. The highest BCUT2D eigenvalue weighted by molar-refractivity contribution is 9.10. The maximum atomic E-state index is 11.8. The fourth-order valence-corrected chi connectivity index (χ4v) is 1.80. The first-order valence-electron chi connectivity index (χ1n) is 5.23. The molecule has 1 amide bonds. The summed E-state index contributed by atoms with van der Waals surface area (Å²) in [5.74, 6) is -0.215. The largest absolute Gasteiger partial charge is 0.367 e. The highest BCUT2D eigenvalue weighted by atomic mass is 79.9. The van der Waals surface area contributed by atoms with Crippen molar-refractivity contribution >= 4 is 33.5 Å². The number of nitrogens with one attached hydrogen (secondary N) is 1. The number of anilines is 2. The van der Waals surface area contributed by atoms with Crippen LogP contribution >= 0.6 is 15.9 Å². The summed E-state index contributed by atoms with van der Waals surface area (Å²) in [6.45, 7) is -0.0262. The summed E-state index contributed by atoms with van der Waals surface area (Å²) in [4.78, 5) is 15.5. The minimum Gasteiger partial charge on any atom is -0.367 e. The van der Waals surface area contributed by atoms with Crippen LogP contribution in [0, 0.1) is 11.3 Å². The summed E-state index contributed by atoms with van der Waals surface area (Å²) in [6, 6.07) is 7.01. The van der Waals surface area contributed by atoms with Crippen molar-refractivity contribution < 1.29 is 4.79 Å². The van der Waals surface area contributed by atoms with E-state index in [1.165, 1.54) is 11.0 Å². The van der Waals surface area contributed by atoms with Gasteiger partial charge in [-0.05, 0) is 18.2 Å². The number of nitrogen functional groups attached to an aromatic ring is 1. The molecule has 1 aromatic heterocycles. The Morgan fingerprint density at radius 1 is 1.58 bits per heavy atom. The number of hydrogen-bond donors (Lipinski definition) is 2. The highest BCUT2D eigenvalue weighted by Gasteiger charge is 2.09. The average molecular weight is 321 g/mol. The number of hydrogen-bond acceptors (Lipinski definition) is 5. The van der Waals surface area contributed by atoms with Gasteiger partial charge in [-0.25, -0.2) is 9.67 Å². The first kappa shape index (κ1) is 13.0. The van der Waals surface area contributed by atoms with Gasteiger partial charge in [0.15, 0.2) is 0 Å². The molecule has 0 atom stereocenters. The van der Waals surface area contributed by atoms with Crippen LogP contribution in [0.5, 0.6) is 0 Å². The van der Waals surface area contributed by atoms with Gasteiger partial charge >= 0.3 is 0 Å². The number of rotatable bonds is 3. The minimum atomic E-state index is -0.320. The Balaban J connectivity index is 2.11. The van der Waals surface area contributed by atoms with Crippen molar-refractivity contribution in [1.82, 2.24) is 14.8 Å². The van der Waals surface area contributed by atoms with Gasteiger partial charge in [0.1, 0.15) is 18.9 Å². The molecule has 19 heavy (non-hydrogen) atoms. The molecule has 0 radical (unpaired) electrons. The van der Waals surface area contributed by atoms with Gasteiger partial charge in [-0.2, -0.15) is 5.26 Å². The maximum absolute atomic E-state index is 11.8. The van der Waals surface area contributed by atoms with Gasteiger partial charge in [0.25, 0.3) is 0 Å². The van der Waals surface area contributed by atoms with E-state index >= 15 is 0 Å². The van der Waals surface area contributed by atoms with Crippen LogP contribution in [0.4, 0.5) is 11.6 Å². The first-order chi connectivity index (χ1) is 9.08. The van der Waals surface area contributed by atoms with Crippen molar-refractivity contribution in [2.24, 2.45) is 0 Å². The molecule has 96 valence electrons. The van der Waals surface area contributed by atoms with Gasteiger partial charge in [0.05, 0.1) is 11.3 Å². The van der Waals surface area contributed by atoms with E-state index in [4.69, 9.17) is 11.0 Å². The molecule has 8 heteroatoms. The van der Waals surface area contributed by atoms with E-state index in [1.54, 1.807) is 18.2 Å². The van der Waals surface area contributed by atoms with Crippen LogP contribution in [0.2, 0.25) is 0 Å². The number of nitriles is 1. The van der Waals surface area contributed by atoms with E-state index in [0.717, 1.165) is 4.47 Å². The van der Waals surface area contributed by atoms with E-state index in [9.17, 15) is 4.79 Å². The lowest BCUT2D eigenvalue weighted by atomic mass is 10.2. The number of nitrogens with two attached hydrogens (primary N) is 1. The normalized spacial score (nSPS) is 9.89. The Bertz CT molecular complexity index is 659. The third-order valence-corrected chi connectivity index (χ3v) is 2.73. The van der Waals surface area contributed by atoms with Crippen molar-refractivity contribution in [2.45, 2.75) is 6.54 Å². The number of carbonyl (C=O) groups excluding carboxylic acids is 1. The summed E-state index contributed by atoms with van der Waals surface area (Å²) >= 11 is 3.28. The van der Waals surface area contributed by atoms with Gasteiger partial charge in [-0.15, -0.1) is 5.10 Å². The Morgan fingerprint density at radius 2 is 2.37 bits per heavy atom. The summed E-state index contributed by atoms with van der Waals surface area (Å²) in [5, 5.41) is 15.4. The standard InChI is InChI=1S/C11H9BrN6O/c12-8-2-1-7(4-13)9(3-8)16-10(19)5-18-6-15-11(14)17-18/h1-3,6H,5H2,(H2,14,17)(H,16,19). The number of halogens is 1. The van der Waals surface area contributed by atoms with Gasteiger partial charge in [-0.1, -0.05) is 15.9 Å². The zero-order valence-corrected chi connectivity index (χ0v) is 11.3. The molecule has 0 aliphatic heterocycles. The monoisotopic (exact) mass is 320 g/mol. The second-order valence-electron chi connectivity index (χ2n) is 3.65. The van der Waals surface area contributed by atoms with E-state index in [0.29, 0.717) is 11.3 Å². The molecule has 0 saturated heterocycles. The Labute approximate surface area is 117 Å². The maximum Gasteiger partial charge on any atom is 0.246 e. The van der Waals surface area contributed by atoms with Crippen LogP contribution < -0.4 is 11.1 Å². The third kappa shape index (κ3) is 3.29. The topological polar surface area (TPSA) is 110 Å². The third-order valence-electron chi connectivity index (χ3n) is 2.24. The molecule has 1 aromatic carbocycles. The van der Waals surface area contributed by atoms with Crippen molar-refractivity contribution in [3.8, 4) is 6.07 Å². The Hall–Kier alpha value is -2.40. The summed E-state index contributed by atoms with van der Waals surface area (Å²) in [6.07, 6.45) is 1.36. The van der Waals surface area contributed by atoms with Gasteiger partial charge in [0, 0.05) is 4.47 Å². The van der Waals surface area contributed by atoms with E-state index < -0.39 is 0 Å². The van der Waals surface area contributed by atoms with Crippen LogP contribution in [0.15, 0.2) is 29.0 Å². The number of nitrogens with zero attached hydrogens (tertiary/aromatic N) is 4. The predicted molar refractivity (Wildman–Crippen MR) is 71.9 cm³/mol. The SMILES string of the molecule is N#Cc1ccc(Br)cc1NC(=O)Cn1cnc(N)n1. The van der Waals surface area contributed by atoms with Crippen LogP contribution in [0.25, 0.3) is 0 Å². The molecule has 0 saturated carbocycles. The summed E-state index contributed by atoms with van der Waals surface area (Å²) in [5.41, 5.74) is 6.17. The Kier molecular flexibility index (Phi) is 3.77. The van der Waals surface area contributed by atoms with E-state index in [2.05, 4.69) is 31.3 Å². The quantitative estimate of drug-likeness (QED) is 0.881. The lowest BCUT2D eigenvalue weighted by Crippen LogP contribution is -2.19. The molecule has 2 rings (SSSR count). The molecule has 1 heterocycles. The van der Waals surface area contributed by atoms with Crippen LogP contribution in [0.3, 0.4) is 0 Å². The van der Waals surface area contributed by atoms with Crippen LogP contribution in [-0.4, -0.2) is 20.7 Å². The molecule has 0 aliphatic carbocycles. The fourth-order valence-electron chi connectivity index (χ4n) is 1.44. The van der Waals surface area contributed by atoms with Crippen molar-refractivity contribution in [3.05, 3.63) is 34.6 Å². The Morgan fingerprint density at radius 3 is 3.00 bits per heavy atom. The van der Waals surface area contributed by atoms with Gasteiger partial charge in [-0.3, -0.25) is 4.79 Å². The number of aromatic nitrogens is 3. The van der Waals surface area contributed by atoms with Crippen molar-refractivity contribution in [3.63, 3.8) is 0 Å². The smallest absolute Gasteiger partial charge is 0.246 e. The lowest BCUT2D eigenvalue weighted by Gasteiger charge is -2.07. The second-order valence-corrected chi connectivity index (χ2v) is 4.57. The van der Waals surface area contributed by atoms with Crippen molar-refractivity contribution in [2.75, 3.05) is 11.1 Å². The fraction of sp³-hybridized carbons (Fsp3) is 0.0909. The zero-order valence-electron chi connectivity index (χ0n) is 9.67. The molecule has 0 aliphatic rings. The minimum absolute atomic E-state index is 0.0262. The number of amides is 1. The predicted octanol–water partition coefficient (Wildman–Crippen LogP) is 1.13. The second kappa shape index (κ2) is 5.49. The number of carbonyl (C=O) groups is 1. The first-order valence-corrected chi connectivity index (χ1v) is 6.02. The van der Waals surface area contributed by atoms with Crippen LogP contribution in [0.1, 0.15) is 5.56 Å². The van der Waals surface area contributed by atoms with Gasteiger partial charge in [0.2, 0.25) is 11.9 Å². The molecule has 7 nitrogen and oxygen atoms in total. The molecule has 0 spiro atoms. The average Bonchev–Trinajstić information content (AvgIpc) is 2.75. The molecular formula is C11H9BrN6O. The molecule has 0 unspecified atom stereocenters. The molecule has 0 fully saturated rings. The van der Waals surface area contributed by atoms with Gasteiger partial charge < -0.3 is 11.1 Å². The molecule has 0 bridgehead atoms. The van der Waals surface area contributed by atoms with E-state index in [-0.39, 0.29) is 18.4 Å². The van der Waals surface area contributed by atoms with E-state index in [1.807, 2.05) is 6.07 Å².